The van der Waals surface area contributed by atoms with Gasteiger partial charge >= 0.3 is 0 Å². The highest BCUT2D eigenvalue weighted by Gasteiger charge is 1.98. The summed E-state index contributed by atoms with van der Waals surface area (Å²) >= 11 is 0. The molecule has 0 aliphatic heterocycles. The lowest BCUT2D eigenvalue weighted by atomic mass is 10.2. The minimum Gasteiger partial charge on any atom is -0.335 e. The number of nitrogens with one attached hydrogen (secondary N) is 1. The normalized spacial score (nSPS) is 13.0. The summed E-state index contributed by atoms with van der Waals surface area (Å²) in [5, 5.41) is 3.50. The number of hydrogen-bond donors (Lipinski definition) is 1. The zero-order valence-electron chi connectivity index (χ0n) is 10.2. The van der Waals surface area contributed by atoms with Crippen LogP contribution in [0.15, 0.2) is 12.4 Å². The van der Waals surface area contributed by atoms with Crippen LogP contribution in [0.2, 0.25) is 0 Å². The SMILES string of the molecule is CCC(C)NCCCCn1ccnc1C. The Hall–Kier alpha value is -0.830. The molecule has 1 unspecified atom stereocenters. The molecule has 3 nitrogen and oxygen atoms in total. The summed E-state index contributed by atoms with van der Waals surface area (Å²) in [6.45, 7) is 8.72. The second-order valence-corrected chi connectivity index (χ2v) is 4.14. The molecule has 1 heterocycles. The maximum absolute atomic E-state index is 4.20. The highest BCUT2D eigenvalue weighted by molar-refractivity contribution is 4.87. The van der Waals surface area contributed by atoms with E-state index < -0.39 is 0 Å². The van der Waals surface area contributed by atoms with E-state index in [0.29, 0.717) is 6.04 Å². The van der Waals surface area contributed by atoms with Gasteiger partial charge in [0.1, 0.15) is 5.82 Å². The predicted molar refractivity (Wildman–Crippen MR) is 64.0 cm³/mol. The molecule has 0 aliphatic carbocycles. The second kappa shape index (κ2) is 6.62. The first kappa shape index (κ1) is 12.2. The summed E-state index contributed by atoms with van der Waals surface area (Å²) in [5.74, 6) is 1.12. The first-order valence-corrected chi connectivity index (χ1v) is 5.95. The van der Waals surface area contributed by atoms with Crippen LogP contribution < -0.4 is 5.32 Å². The predicted octanol–water partition coefficient (Wildman–Crippen LogP) is 2.36. The molecule has 1 N–H and O–H groups in total. The summed E-state index contributed by atoms with van der Waals surface area (Å²) in [6, 6.07) is 0.653. The van der Waals surface area contributed by atoms with Gasteiger partial charge in [0, 0.05) is 25.0 Å². The molecule has 86 valence electrons. The van der Waals surface area contributed by atoms with E-state index >= 15 is 0 Å². The van der Waals surface area contributed by atoms with Crippen LogP contribution in [-0.4, -0.2) is 22.1 Å². The van der Waals surface area contributed by atoms with E-state index in [2.05, 4.69) is 41.8 Å². The second-order valence-electron chi connectivity index (χ2n) is 4.14. The van der Waals surface area contributed by atoms with Gasteiger partial charge in [-0.05, 0) is 39.7 Å². The van der Waals surface area contributed by atoms with Gasteiger partial charge in [0.2, 0.25) is 0 Å². The third kappa shape index (κ3) is 4.47. The van der Waals surface area contributed by atoms with Crippen molar-refractivity contribution in [2.75, 3.05) is 6.54 Å². The lowest BCUT2D eigenvalue weighted by Gasteiger charge is -2.11. The molecule has 3 heteroatoms. The topological polar surface area (TPSA) is 29.9 Å². The molecule has 0 aromatic carbocycles. The third-order valence-electron chi connectivity index (χ3n) is 2.85. The van der Waals surface area contributed by atoms with Crippen LogP contribution in [-0.2, 0) is 6.54 Å². The summed E-state index contributed by atoms with van der Waals surface area (Å²) < 4.78 is 2.21. The molecule has 0 saturated carbocycles. The van der Waals surface area contributed by atoms with Crippen LogP contribution in [0.1, 0.15) is 38.9 Å². The molecule has 1 rings (SSSR count). The van der Waals surface area contributed by atoms with E-state index in [1.54, 1.807) is 0 Å². The molecule has 1 aromatic rings. The van der Waals surface area contributed by atoms with Gasteiger partial charge in [-0.25, -0.2) is 4.98 Å². The molecule has 0 fully saturated rings. The molecular weight excluding hydrogens is 186 g/mol. The van der Waals surface area contributed by atoms with Gasteiger partial charge in [-0.1, -0.05) is 6.92 Å². The number of nitrogens with zero attached hydrogens (tertiary/aromatic N) is 2. The Morgan fingerprint density at radius 1 is 1.47 bits per heavy atom. The van der Waals surface area contributed by atoms with Crippen LogP contribution in [0.5, 0.6) is 0 Å². The van der Waals surface area contributed by atoms with Crippen LogP contribution in [0.4, 0.5) is 0 Å². The lowest BCUT2D eigenvalue weighted by Crippen LogP contribution is -2.26. The van der Waals surface area contributed by atoms with Crippen molar-refractivity contribution in [2.24, 2.45) is 0 Å². The Balaban J connectivity index is 2.05. The van der Waals surface area contributed by atoms with Crippen molar-refractivity contribution in [2.45, 2.75) is 52.6 Å². The number of rotatable bonds is 7. The minimum atomic E-state index is 0.653. The zero-order chi connectivity index (χ0) is 11.1. The van der Waals surface area contributed by atoms with Gasteiger partial charge in [0.25, 0.3) is 0 Å². The maximum Gasteiger partial charge on any atom is 0.105 e. The smallest absolute Gasteiger partial charge is 0.105 e. The number of unbranched alkanes of at least 4 members (excludes halogenated alkanes) is 1. The number of aryl methyl sites for hydroxylation is 2. The molecule has 15 heavy (non-hydrogen) atoms. The van der Waals surface area contributed by atoms with Crippen LogP contribution in [0, 0.1) is 6.92 Å². The molecule has 0 radical (unpaired) electrons. The van der Waals surface area contributed by atoms with Crippen molar-refractivity contribution in [3.8, 4) is 0 Å². The first-order chi connectivity index (χ1) is 7.24. The standard InChI is InChI=1S/C12H23N3/c1-4-11(2)13-7-5-6-9-15-10-8-14-12(15)3/h8,10-11,13H,4-7,9H2,1-3H3. The van der Waals surface area contributed by atoms with Gasteiger partial charge in [0.05, 0.1) is 0 Å². The van der Waals surface area contributed by atoms with E-state index in [1.807, 2.05) is 6.20 Å². The quantitative estimate of drug-likeness (QED) is 0.699. The number of aromatic nitrogens is 2. The maximum atomic E-state index is 4.20. The van der Waals surface area contributed by atoms with Gasteiger partial charge in [-0.3, -0.25) is 0 Å². The monoisotopic (exact) mass is 209 g/mol. The fourth-order valence-corrected chi connectivity index (χ4v) is 1.54. The van der Waals surface area contributed by atoms with Crippen LogP contribution >= 0.6 is 0 Å². The number of hydrogen-bond acceptors (Lipinski definition) is 2. The summed E-state index contributed by atoms with van der Waals surface area (Å²) in [6.07, 6.45) is 7.59. The Kier molecular flexibility index (Phi) is 5.40. The van der Waals surface area contributed by atoms with Gasteiger partial charge < -0.3 is 9.88 Å². The minimum absolute atomic E-state index is 0.653. The summed E-state index contributed by atoms with van der Waals surface area (Å²) in [7, 11) is 0. The van der Waals surface area contributed by atoms with E-state index in [-0.39, 0.29) is 0 Å². The largest absolute Gasteiger partial charge is 0.335 e. The molecule has 1 aromatic heterocycles. The Morgan fingerprint density at radius 3 is 2.87 bits per heavy atom. The molecule has 0 bridgehead atoms. The van der Waals surface area contributed by atoms with Crippen molar-refractivity contribution >= 4 is 0 Å². The van der Waals surface area contributed by atoms with Crippen molar-refractivity contribution in [3.05, 3.63) is 18.2 Å². The highest BCUT2D eigenvalue weighted by Crippen LogP contribution is 1.99. The third-order valence-corrected chi connectivity index (χ3v) is 2.85. The molecule has 0 aliphatic rings. The van der Waals surface area contributed by atoms with E-state index in [0.717, 1.165) is 18.9 Å². The zero-order valence-corrected chi connectivity index (χ0v) is 10.2. The van der Waals surface area contributed by atoms with Gasteiger partial charge in [-0.15, -0.1) is 0 Å². The number of imidazole rings is 1. The van der Waals surface area contributed by atoms with Gasteiger partial charge in [0.15, 0.2) is 0 Å². The fraction of sp³-hybridized carbons (Fsp3) is 0.750. The van der Waals surface area contributed by atoms with E-state index in [4.69, 9.17) is 0 Å². The molecule has 0 amide bonds. The van der Waals surface area contributed by atoms with Crippen LogP contribution in [0.25, 0.3) is 0 Å². The van der Waals surface area contributed by atoms with Crippen molar-refractivity contribution in [1.82, 2.24) is 14.9 Å². The Labute approximate surface area is 92.9 Å². The van der Waals surface area contributed by atoms with E-state index in [1.165, 1.54) is 19.3 Å². The fourth-order valence-electron chi connectivity index (χ4n) is 1.54. The molecule has 0 spiro atoms. The lowest BCUT2D eigenvalue weighted by molar-refractivity contribution is 0.499. The van der Waals surface area contributed by atoms with Crippen molar-refractivity contribution in [3.63, 3.8) is 0 Å². The van der Waals surface area contributed by atoms with Crippen molar-refractivity contribution < 1.29 is 0 Å². The average Bonchev–Trinajstić information content (AvgIpc) is 2.63. The Bertz CT molecular complexity index is 268. The average molecular weight is 209 g/mol. The summed E-state index contributed by atoms with van der Waals surface area (Å²) in [5.41, 5.74) is 0. The van der Waals surface area contributed by atoms with E-state index in [9.17, 15) is 0 Å². The highest BCUT2D eigenvalue weighted by atomic mass is 15.0. The Morgan fingerprint density at radius 2 is 2.27 bits per heavy atom. The van der Waals surface area contributed by atoms with Crippen molar-refractivity contribution in [1.29, 1.82) is 0 Å². The van der Waals surface area contributed by atoms with Gasteiger partial charge in [-0.2, -0.15) is 0 Å². The molecular formula is C12H23N3. The summed E-state index contributed by atoms with van der Waals surface area (Å²) in [4.78, 5) is 4.20. The molecule has 0 saturated heterocycles. The molecule has 1 atom stereocenters. The first-order valence-electron chi connectivity index (χ1n) is 5.95. The van der Waals surface area contributed by atoms with Crippen LogP contribution in [0.3, 0.4) is 0 Å².